The van der Waals surface area contributed by atoms with Crippen LogP contribution in [0.5, 0.6) is 11.8 Å². The van der Waals surface area contributed by atoms with Gasteiger partial charge < -0.3 is 19.7 Å². The lowest BCUT2D eigenvalue weighted by Gasteiger charge is -2.18. The Kier molecular flexibility index (Phi) is 5.18. The van der Waals surface area contributed by atoms with E-state index in [1.807, 2.05) is 0 Å². The van der Waals surface area contributed by atoms with Gasteiger partial charge in [0.1, 0.15) is 11.9 Å². The molecule has 1 aromatic heterocycles. The van der Waals surface area contributed by atoms with E-state index in [0.29, 0.717) is 36.0 Å². The zero-order valence-electron chi connectivity index (χ0n) is 13.4. The van der Waals surface area contributed by atoms with Crippen molar-refractivity contribution < 1.29 is 18.7 Å². The van der Waals surface area contributed by atoms with Gasteiger partial charge in [0.2, 0.25) is 0 Å². The second-order valence-corrected chi connectivity index (χ2v) is 5.87. The fraction of sp³-hybridized carbons (Fsp3) is 0.312. The molecule has 0 radical (unpaired) electrons. The van der Waals surface area contributed by atoms with Gasteiger partial charge in [0.25, 0.3) is 0 Å². The zero-order valence-corrected chi connectivity index (χ0v) is 14.2. The number of rotatable bonds is 4. The van der Waals surface area contributed by atoms with Gasteiger partial charge in [0.05, 0.1) is 31.7 Å². The number of ether oxygens (including phenoxy) is 2. The molecule has 0 aliphatic carbocycles. The molecule has 2 aromatic rings. The fourth-order valence-electron chi connectivity index (χ4n) is 2.49. The molecule has 1 fully saturated rings. The van der Waals surface area contributed by atoms with Gasteiger partial charge in [-0.25, -0.2) is 19.2 Å². The molecule has 1 saturated heterocycles. The Hall–Kier alpha value is -2.61. The van der Waals surface area contributed by atoms with Crippen LogP contribution in [0.4, 0.5) is 14.9 Å². The van der Waals surface area contributed by atoms with Crippen LogP contribution in [0, 0.1) is 5.82 Å². The van der Waals surface area contributed by atoms with Crippen LogP contribution in [0.25, 0.3) is 0 Å². The van der Waals surface area contributed by atoms with Gasteiger partial charge in [-0.15, -0.1) is 0 Å². The van der Waals surface area contributed by atoms with Crippen molar-refractivity contribution in [3.63, 3.8) is 0 Å². The van der Waals surface area contributed by atoms with Crippen molar-refractivity contribution in [2.75, 3.05) is 25.5 Å². The first kappa shape index (κ1) is 17.2. The number of benzene rings is 1. The molecule has 0 bridgehead atoms. The van der Waals surface area contributed by atoms with E-state index in [1.165, 1.54) is 7.11 Å². The lowest BCUT2D eigenvalue weighted by molar-refractivity contribution is 0.183. The first-order chi connectivity index (χ1) is 12.0. The van der Waals surface area contributed by atoms with E-state index in [9.17, 15) is 9.18 Å². The maximum absolute atomic E-state index is 12.8. The third kappa shape index (κ3) is 4.27. The average Bonchev–Trinajstić information content (AvgIpc) is 3.06. The molecular formula is C16H16ClFN4O3. The number of likely N-dealkylation sites (tertiary alicyclic amines) is 1. The van der Waals surface area contributed by atoms with E-state index in [2.05, 4.69) is 15.3 Å². The Morgan fingerprint density at radius 2 is 2.16 bits per heavy atom. The summed E-state index contributed by atoms with van der Waals surface area (Å²) in [5.74, 6) is -0.0142. The minimum absolute atomic E-state index is 0.0881. The lowest BCUT2D eigenvalue weighted by atomic mass is 10.3. The number of nitrogens with one attached hydrogen (secondary N) is 1. The molecule has 1 aliphatic rings. The molecule has 1 N–H and O–H groups in total. The summed E-state index contributed by atoms with van der Waals surface area (Å²) < 4.78 is 23.6. The Morgan fingerprint density at radius 1 is 1.40 bits per heavy atom. The number of carbonyl (C=O) groups is 1. The topological polar surface area (TPSA) is 76.6 Å². The summed E-state index contributed by atoms with van der Waals surface area (Å²) in [7, 11) is 1.52. The number of urea groups is 1. The average molecular weight is 367 g/mol. The summed E-state index contributed by atoms with van der Waals surface area (Å²) >= 11 is 5.96. The predicted octanol–water partition coefficient (Wildman–Crippen LogP) is 2.96. The number of anilines is 1. The molecular weight excluding hydrogens is 351 g/mol. The molecule has 0 spiro atoms. The highest BCUT2D eigenvalue weighted by Gasteiger charge is 2.28. The van der Waals surface area contributed by atoms with Crippen molar-refractivity contribution in [1.29, 1.82) is 0 Å². The number of carbonyl (C=O) groups excluding carboxylic acids is 1. The second-order valence-electron chi connectivity index (χ2n) is 5.43. The number of aromatic nitrogens is 2. The predicted molar refractivity (Wildman–Crippen MR) is 89.6 cm³/mol. The van der Waals surface area contributed by atoms with Crippen LogP contribution >= 0.6 is 11.6 Å². The van der Waals surface area contributed by atoms with Crippen molar-refractivity contribution in [2.45, 2.75) is 12.5 Å². The van der Waals surface area contributed by atoms with Gasteiger partial charge in [-0.2, -0.15) is 0 Å². The SMILES string of the molecule is COc1ccc(Cl)cc1NC(=O)N1CC[C@@H](Oc2ncc(F)cn2)C1. The third-order valence-electron chi connectivity index (χ3n) is 3.70. The molecule has 0 saturated carbocycles. The van der Waals surface area contributed by atoms with Gasteiger partial charge in [-0.05, 0) is 18.2 Å². The molecule has 2 amide bonds. The molecule has 3 rings (SSSR count). The number of hydrogen-bond acceptors (Lipinski definition) is 5. The van der Waals surface area contributed by atoms with Crippen molar-refractivity contribution in [3.8, 4) is 11.8 Å². The molecule has 132 valence electrons. The second kappa shape index (κ2) is 7.52. The van der Waals surface area contributed by atoms with Gasteiger partial charge >= 0.3 is 12.0 Å². The Balaban J connectivity index is 1.59. The smallest absolute Gasteiger partial charge is 0.322 e. The highest BCUT2D eigenvalue weighted by molar-refractivity contribution is 6.31. The van der Waals surface area contributed by atoms with Gasteiger partial charge in [-0.1, -0.05) is 11.6 Å². The highest BCUT2D eigenvalue weighted by Crippen LogP contribution is 2.28. The largest absolute Gasteiger partial charge is 0.495 e. The monoisotopic (exact) mass is 366 g/mol. The van der Waals surface area contributed by atoms with Gasteiger partial charge in [0, 0.05) is 18.0 Å². The first-order valence-corrected chi connectivity index (χ1v) is 7.96. The van der Waals surface area contributed by atoms with Crippen LogP contribution < -0.4 is 14.8 Å². The number of halogens is 2. The molecule has 1 atom stereocenters. The molecule has 0 unspecified atom stereocenters. The molecule has 2 heterocycles. The standard InChI is InChI=1S/C16H16ClFN4O3/c1-24-14-3-2-10(17)6-13(14)21-16(23)22-5-4-12(9-22)25-15-19-7-11(18)8-20-15/h2-3,6-8,12H,4-5,9H2,1H3,(H,21,23)/t12-/m1/s1. The summed E-state index contributed by atoms with van der Waals surface area (Å²) in [5.41, 5.74) is 0.492. The van der Waals surface area contributed by atoms with Crippen LogP contribution in [0.1, 0.15) is 6.42 Å². The number of amides is 2. The quantitative estimate of drug-likeness (QED) is 0.900. The van der Waals surface area contributed by atoms with Crippen LogP contribution in [0.2, 0.25) is 5.02 Å². The van der Waals surface area contributed by atoms with Crippen molar-refractivity contribution in [2.24, 2.45) is 0 Å². The van der Waals surface area contributed by atoms with Crippen LogP contribution in [0.3, 0.4) is 0 Å². The van der Waals surface area contributed by atoms with Crippen LogP contribution in [-0.2, 0) is 0 Å². The first-order valence-electron chi connectivity index (χ1n) is 7.59. The van der Waals surface area contributed by atoms with E-state index >= 15 is 0 Å². The fourth-order valence-corrected chi connectivity index (χ4v) is 2.66. The molecule has 7 nitrogen and oxygen atoms in total. The number of hydrogen-bond donors (Lipinski definition) is 1. The summed E-state index contributed by atoms with van der Waals surface area (Å²) in [6.07, 6.45) is 2.44. The van der Waals surface area contributed by atoms with E-state index in [4.69, 9.17) is 21.1 Å². The van der Waals surface area contributed by atoms with Crippen LogP contribution in [0.15, 0.2) is 30.6 Å². The maximum atomic E-state index is 12.8. The minimum Gasteiger partial charge on any atom is -0.495 e. The molecule has 1 aliphatic heterocycles. The maximum Gasteiger partial charge on any atom is 0.322 e. The summed E-state index contributed by atoms with van der Waals surface area (Å²) in [4.78, 5) is 21.5. The zero-order chi connectivity index (χ0) is 17.8. The Bertz CT molecular complexity index is 760. The van der Waals surface area contributed by atoms with Gasteiger partial charge in [-0.3, -0.25) is 0 Å². The number of nitrogens with zero attached hydrogens (tertiary/aromatic N) is 3. The minimum atomic E-state index is -0.532. The van der Waals surface area contributed by atoms with E-state index in [0.717, 1.165) is 12.4 Å². The van der Waals surface area contributed by atoms with E-state index < -0.39 is 5.82 Å². The normalized spacial score (nSPS) is 16.6. The summed E-state index contributed by atoms with van der Waals surface area (Å²) in [6, 6.07) is 4.78. The Labute approximate surface area is 148 Å². The Morgan fingerprint density at radius 3 is 2.88 bits per heavy atom. The molecule has 25 heavy (non-hydrogen) atoms. The van der Waals surface area contributed by atoms with Gasteiger partial charge in [0.15, 0.2) is 5.82 Å². The molecule has 1 aromatic carbocycles. The molecule has 9 heteroatoms. The van der Waals surface area contributed by atoms with Crippen molar-refractivity contribution >= 4 is 23.3 Å². The van der Waals surface area contributed by atoms with Crippen molar-refractivity contribution in [1.82, 2.24) is 14.9 Å². The number of methoxy groups -OCH3 is 1. The highest BCUT2D eigenvalue weighted by atomic mass is 35.5. The lowest BCUT2D eigenvalue weighted by Crippen LogP contribution is -2.34. The van der Waals surface area contributed by atoms with E-state index in [-0.39, 0.29) is 18.1 Å². The summed E-state index contributed by atoms with van der Waals surface area (Å²) in [5, 5.41) is 3.27. The van der Waals surface area contributed by atoms with E-state index in [1.54, 1.807) is 23.1 Å². The van der Waals surface area contributed by atoms with Crippen LogP contribution in [-0.4, -0.2) is 47.2 Å². The third-order valence-corrected chi connectivity index (χ3v) is 3.94. The summed E-state index contributed by atoms with van der Waals surface area (Å²) in [6.45, 7) is 0.885. The van der Waals surface area contributed by atoms with Crippen molar-refractivity contribution in [3.05, 3.63) is 41.4 Å².